The molecule has 2 nitrogen and oxygen atoms in total. The number of hydrogen-bond acceptors (Lipinski definition) is 2. The molecule has 16 heavy (non-hydrogen) atoms. The summed E-state index contributed by atoms with van der Waals surface area (Å²) >= 11 is 0. The standard InChI is InChI=1S/C13H18FNO/c1-9(16-2)8-15-13-7-6-10-11(13)4-3-5-12(10)14/h3-5,9,13,15H,6-8H2,1-2H3. The number of ether oxygens (including phenoxy) is 1. The van der Waals surface area contributed by atoms with Crippen LogP contribution in [0.4, 0.5) is 4.39 Å². The van der Waals surface area contributed by atoms with Crippen LogP contribution in [0.1, 0.15) is 30.5 Å². The molecule has 88 valence electrons. The minimum absolute atomic E-state index is 0.0680. The van der Waals surface area contributed by atoms with Gasteiger partial charge in [-0.1, -0.05) is 12.1 Å². The van der Waals surface area contributed by atoms with Gasteiger partial charge in [-0.2, -0.15) is 0 Å². The third-order valence-electron chi connectivity index (χ3n) is 3.27. The number of methoxy groups -OCH3 is 1. The van der Waals surface area contributed by atoms with Crippen molar-refractivity contribution in [2.24, 2.45) is 0 Å². The maximum Gasteiger partial charge on any atom is 0.126 e. The molecular formula is C13H18FNO. The lowest BCUT2D eigenvalue weighted by molar-refractivity contribution is 0.114. The van der Waals surface area contributed by atoms with Gasteiger partial charge in [-0.3, -0.25) is 0 Å². The van der Waals surface area contributed by atoms with Gasteiger partial charge in [0, 0.05) is 19.7 Å². The summed E-state index contributed by atoms with van der Waals surface area (Å²) in [5, 5.41) is 3.42. The topological polar surface area (TPSA) is 21.3 Å². The van der Waals surface area contributed by atoms with Crippen LogP contribution in [0.15, 0.2) is 18.2 Å². The van der Waals surface area contributed by atoms with Gasteiger partial charge in [-0.25, -0.2) is 4.39 Å². The van der Waals surface area contributed by atoms with Gasteiger partial charge in [0.25, 0.3) is 0 Å². The molecule has 0 amide bonds. The first-order chi connectivity index (χ1) is 7.72. The highest BCUT2D eigenvalue weighted by atomic mass is 19.1. The van der Waals surface area contributed by atoms with Crippen molar-refractivity contribution in [3.8, 4) is 0 Å². The van der Waals surface area contributed by atoms with Gasteiger partial charge in [-0.05, 0) is 37.0 Å². The highest BCUT2D eigenvalue weighted by Gasteiger charge is 2.24. The molecule has 0 radical (unpaired) electrons. The molecular weight excluding hydrogens is 205 g/mol. The first kappa shape index (κ1) is 11.6. The van der Waals surface area contributed by atoms with Gasteiger partial charge in [0.2, 0.25) is 0 Å². The van der Waals surface area contributed by atoms with E-state index in [0.29, 0.717) is 0 Å². The highest BCUT2D eigenvalue weighted by molar-refractivity contribution is 5.35. The zero-order chi connectivity index (χ0) is 11.5. The van der Waals surface area contributed by atoms with E-state index in [4.69, 9.17) is 4.74 Å². The summed E-state index contributed by atoms with van der Waals surface area (Å²) in [5.74, 6) is -0.0680. The Kier molecular flexibility index (Phi) is 3.56. The van der Waals surface area contributed by atoms with Crippen LogP contribution in [-0.2, 0) is 11.2 Å². The molecule has 2 unspecified atom stereocenters. The average molecular weight is 223 g/mol. The Bertz CT molecular complexity index is 367. The number of rotatable bonds is 4. The van der Waals surface area contributed by atoms with E-state index >= 15 is 0 Å². The molecule has 0 saturated carbocycles. The van der Waals surface area contributed by atoms with Crippen molar-refractivity contribution in [3.63, 3.8) is 0 Å². The van der Waals surface area contributed by atoms with Crippen LogP contribution in [-0.4, -0.2) is 19.8 Å². The van der Waals surface area contributed by atoms with E-state index in [1.54, 1.807) is 19.2 Å². The third-order valence-corrected chi connectivity index (χ3v) is 3.27. The molecule has 0 aromatic heterocycles. The molecule has 0 bridgehead atoms. The fourth-order valence-corrected chi connectivity index (χ4v) is 2.21. The summed E-state index contributed by atoms with van der Waals surface area (Å²) in [4.78, 5) is 0. The smallest absolute Gasteiger partial charge is 0.126 e. The van der Waals surface area contributed by atoms with E-state index in [-0.39, 0.29) is 18.0 Å². The van der Waals surface area contributed by atoms with Crippen LogP contribution in [0.2, 0.25) is 0 Å². The summed E-state index contributed by atoms with van der Waals surface area (Å²) in [6, 6.07) is 5.62. The number of halogens is 1. The summed E-state index contributed by atoms with van der Waals surface area (Å²) in [7, 11) is 1.70. The van der Waals surface area contributed by atoms with E-state index in [0.717, 1.165) is 30.5 Å². The van der Waals surface area contributed by atoms with Crippen LogP contribution >= 0.6 is 0 Å². The summed E-state index contributed by atoms with van der Waals surface area (Å²) < 4.78 is 18.7. The molecule has 3 heteroatoms. The van der Waals surface area contributed by atoms with E-state index < -0.39 is 0 Å². The molecule has 1 aliphatic rings. The minimum Gasteiger partial charge on any atom is -0.380 e. The molecule has 0 heterocycles. The van der Waals surface area contributed by atoms with Crippen molar-refractivity contribution in [2.45, 2.75) is 31.9 Å². The predicted octanol–water partition coefficient (Wildman–Crippen LogP) is 2.44. The van der Waals surface area contributed by atoms with Gasteiger partial charge >= 0.3 is 0 Å². The Morgan fingerprint density at radius 2 is 2.38 bits per heavy atom. The first-order valence-electron chi connectivity index (χ1n) is 5.76. The van der Waals surface area contributed by atoms with Gasteiger partial charge in [-0.15, -0.1) is 0 Å². The Balaban J connectivity index is 2.03. The van der Waals surface area contributed by atoms with Crippen LogP contribution in [0.5, 0.6) is 0 Å². The maximum absolute atomic E-state index is 13.5. The van der Waals surface area contributed by atoms with Crippen molar-refractivity contribution < 1.29 is 9.13 Å². The Morgan fingerprint density at radius 3 is 3.12 bits per heavy atom. The lowest BCUT2D eigenvalue weighted by atomic mass is 10.1. The molecule has 1 N–H and O–H groups in total. The molecule has 1 aromatic carbocycles. The third kappa shape index (κ3) is 2.25. The zero-order valence-corrected chi connectivity index (χ0v) is 9.79. The van der Waals surface area contributed by atoms with E-state index in [1.165, 1.54) is 0 Å². The Morgan fingerprint density at radius 1 is 1.56 bits per heavy atom. The molecule has 0 fully saturated rings. The minimum atomic E-state index is -0.0680. The van der Waals surface area contributed by atoms with E-state index in [1.807, 2.05) is 13.0 Å². The second-order valence-corrected chi connectivity index (χ2v) is 4.35. The van der Waals surface area contributed by atoms with Crippen LogP contribution < -0.4 is 5.32 Å². The van der Waals surface area contributed by atoms with Crippen LogP contribution in [0, 0.1) is 5.82 Å². The molecule has 1 aliphatic carbocycles. The molecule has 0 aliphatic heterocycles. The monoisotopic (exact) mass is 223 g/mol. The second-order valence-electron chi connectivity index (χ2n) is 4.35. The SMILES string of the molecule is COC(C)CNC1CCc2c(F)cccc21. The number of hydrogen-bond donors (Lipinski definition) is 1. The lowest BCUT2D eigenvalue weighted by Crippen LogP contribution is -2.28. The summed E-state index contributed by atoms with van der Waals surface area (Å²) in [6.07, 6.45) is 2.01. The fraction of sp³-hybridized carbons (Fsp3) is 0.538. The quantitative estimate of drug-likeness (QED) is 0.846. The fourth-order valence-electron chi connectivity index (χ4n) is 2.21. The molecule has 2 atom stereocenters. The van der Waals surface area contributed by atoms with Crippen LogP contribution in [0.3, 0.4) is 0 Å². The van der Waals surface area contributed by atoms with Gasteiger partial charge in [0.15, 0.2) is 0 Å². The lowest BCUT2D eigenvalue weighted by Gasteiger charge is -2.17. The van der Waals surface area contributed by atoms with Crippen molar-refractivity contribution in [2.75, 3.05) is 13.7 Å². The Labute approximate surface area is 95.8 Å². The van der Waals surface area contributed by atoms with Crippen molar-refractivity contribution in [1.82, 2.24) is 5.32 Å². The van der Waals surface area contributed by atoms with Gasteiger partial charge < -0.3 is 10.1 Å². The molecule has 0 saturated heterocycles. The average Bonchev–Trinajstić information content (AvgIpc) is 2.70. The number of benzene rings is 1. The maximum atomic E-state index is 13.5. The van der Waals surface area contributed by atoms with Crippen LogP contribution in [0.25, 0.3) is 0 Å². The van der Waals surface area contributed by atoms with Crippen molar-refractivity contribution in [1.29, 1.82) is 0 Å². The first-order valence-corrected chi connectivity index (χ1v) is 5.76. The van der Waals surface area contributed by atoms with Gasteiger partial charge in [0.05, 0.1) is 6.10 Å². The second kappa shape index (κ2) is 4.93. The molecule has 2 rings (SSSR count). The largest absolute Gasteiger partial charge is 0.380 e. The van der Waals surface area contributed by atoms with Crippen molar-refractivity contribution in [3.05, 3.63) is 35.1 Å². The summed E-state index contributed by atoms with van der Waals surface area (Å²) in [5.41, 5.74) is 1.99. The molecule has 0 spiro atoms. The normalized spacial score (nSPS) is 20.8. The number of fused-ring (bicyclic) bond motifs is 1. The molecule has 1 aromatic rings. The van der Waals surface area contributed by atoms with Gasteiger partial charge in [0.1, 0.15) is 5.82 Å². The van der Waals surface area contributed by atoms with E-state index in [9.17, 15) is 4.39 Å². The number of nitrogens with one attached hydrogen (secondary N) is 1. The summed E-state index contributed by atoms with van der Waals surface area (Å²) in [6.45, 7) is 2.82. The highest BCUT2D eigenvalue weighted by Crippen LogP contribution is 2.32. The predicted molar refractivity (Wildman–Crippen MR) is 61.9 cm³/mol. The zero-order valence-electron chi connectivity index (χ0n) is 9.79. The Hall–Kier alpha value is -0.930. The van der Waals surface area contributed by atoms with E-state index in [2.05, 4.69) is 5.32 Å². The van der Waals surface area contributed by atoms with Crippen molar-refractivity contribution >= 4 is 0 Å².